The summed E-state index contributed by atoms with van der Waals surface area (Å²) in [6.45, 7) is 3.94. The SMILES string of the molecule is CC(Cl)CCCNCc1nccs1. The fourth-order valence-electron chi connectivity index (χ4n) is 1.04. The Morgan fingerprint density at radius 3 is 3.15 bits per heavy atom. The average molecular weight is 219 g/mol. The topological polar surface area (TPSA) is 24.9 Å². The fourth-order valence-corrected chi connectivity index (χ4v) is 1.78. The first-order valence-corrected chi connectivity index (χ1v) is 5.84. The minimum atomic E-state index is 0.293. The van der Waals surface area contributed by atoms with E-state index >= 15 is 0 Å². The summed E-state index contributed by atoms with van der Waals surface area (Å²) in [6.07, 6.45) is 4.05. The molecule has 0 bridgehead atoms. The first-order valence-electron chi connectivity index (χ1n) is 4.52. The van der Waals surface area contributed by atoms with Gasteiger partial charge in [-0.05, 0) is 26.3 Å². The van der Waals surface area contributed by atoms with Crippen LogP contribution in [0.3, 0.4) is 0 Å². The number of alkyl halides is 1. The molecule has 1 N–H and O–H groups in total. The molecule has 1 heterocycles. The van der Waals surface area contributed by atoms with Gasteiger partial charge in [-0.1, -0.05) is 0 Å². The van der Waals surface area contributed by atoms with Crippen LogP contribution in [0.25, 0.3) is 0 Å². The smallest absolute Gasteiger partial charge is 0.106 e. The zero-order valence-electron chi connectivity index (χ0n) is 7.79. The summed E-state index contributed by atoms with van der Waals surface area (Å²) in [5.74, 6) is 0. The van der Waals surface area contributed by atoms with E-state index in [1.165, 1.54) is 0 Å². The van der Waals surface area contributed by atoms with E-state index in [4.69, 9.17) is 11.6 Å². The van der Waals surface area contributed by atoms with E-state index in [2.05, 4.69) is 10.3 Å². The molecule has 1 rings (SSSR count). The van der Waals surface area contributed by atoms with Crippen LogP contribution in [0.2, 0.25) is 0 Å². The molecular formula is C9H15ClN2S. The first-order chi connectivity index (χ1) is 6.29. The molecule has 13 heavy (non-hydrogen) atoms. The Hall–Kier alpha value is -0.120. The molecule has 1 aromatic heterocycles. The monoisotopic (exact) mass is 218 g/mol. The van der Waals surface area contributed by atoms with Crippen LogP contribution in [-0.4, -0.2) is 16.9 Å². The number of hydrogen-bond donors (Lipinski definition) is 1. The van der Waals surface area contributed by atoms with Gasteiger partial charge in [0.25, 0.3) is 0 Å². The maximum Gasteiger partial charge on any atom is 0.106 e. The highest BCUT2D eigenvalue weighted by molar-refractivity contribution is 7.09. The van der Waals surface area contributed by atoms with Crippen molar-refractivity contribution in [1.29, 1.82) is 0 Å². The van der Waals surface area contributed by atoms with Crippen molar-refractivity contribution < 1.29 is 0 Å². The summed E-state index contributed by atoms with van der Waals surface area (Å²) in [5.41, 5.74) is 0. The quantitative estimate of drug-likeness (QED) is 0.587. The minimum Gasteiger partial charge on any atom is -0.310 e. The fraction of sp³-hybridized carbons (Fsp3) is 0.667. The van der Waals surface area contributed by atoms with Gasteiger partial charge in [0.2, 0.25) is 0 Å². The maximum absolute atomic E-state index is 5.82. The van der Waals surface area contributed by atoms with Crippen molar-refractivity contribution in [2.24, 2.45) is 0 Å². The van der Waals surface area contributed by atoms with Gasteiger partial charge in [-0.15, -0.1) is 22.9 Å². The molecule has 0 aromatic carbocycles. The predicted octanol–water partition coefficient (Wildman–Crippen LogP) is 2.64. The molecule has 0 fully saturated rings. The molecule has 1 unspecified atom stereocenters. The average Bonchev–Trinajstić information content (AvgIpc) is 2.55. The normalized spacial score (nSPS) is 13.1. The Morgan fingerprint density at radius 1 is 1.69 bits per heavy atom. The second-order valence-corrected chi connectivity index (χ2v) is 4.75. The lowest BCUT2D eigenvalue weighted by Crippen LogP contribution is -2.15. The van der Waals surface area contributed by atoms with Gasteiger partial charge < -0.3 is 5.32 Å². The number of hydrogen-bond acceptors (Lipinski definition) is 3. The van der Waals surface area contributed by atoms with Crippen molar-refractivity contribution in [3.63, 3.8) is 0 Å². The van der Waals surface area contributed by atoms with Gasteiger partial charge in [0, 0.05) is 23.5 Å². The van der Waals surface area contributed by atoms with Crippen LogP contribution in [0, 0.1) is 0 Å². The third-order valence-corrected chi connectivity index (χ3v) is 2.71. The lowest BCUT2D eigenvalue weighted by molar-refractivity contribution is 0.618. The van der Waals surface area contributed by atoms with E-state index in [1.807, 2.05) is 18.5 Å². The van der Waals surface area contributed by atoms with Crippen LogP contribution >= 0.6 is 22.9 Å². The third kappa shape index (κ3) is 5.24. The van der Waals surface area contributed by atoms with Crippen molar-refractivity contribution in [2.45, 2.75) is 31.7 Å². The Labute approximate surface area is 88.3 Å². The van der Waals surface area contributed by atoms with E-state index < -0.39 is 0 Å². The van der Waals surface area contributed by atoms with Crippen LogP contribution in [-0.2, 0) is 6.54 Å². The number of rotatable bonds is 6. The van der Waals surface area contributed by atoms with Gasteiger partial charge in [0.05, 0.1) is 0 Å². The molecule has 74 valence electrons. The first kappa shape index (κ1) is 11.0. The zero-order chi connectivity index (χ0) is 9.52. The van der Waals surface area contributed by atoms with Crippen molar-refractivity contribution >= 4 is 22.9 Å². The predicted molar refractivity (Wildman–Crippen MR) is 58.4 cm³/mol. The second kappa shape index (κ2) is 6.35. The number of halogens is 1. The Kier molecular flexibility index (Phi) is 5.35. The molecule has 0 saturated heterocycles. The Bertz CT molecular complexity index is 211. The second-order valence-electron chi connectivity index (χ2n) is 3.03. The summed E-state index contributed by atoms with van der Waals surface area (Å²) >= 11 is 7.51. The molecule has 0 aliphatic heterocycles. The molecule has 0 saturated carbocycles. The van der Waals surface area contributed by atoms with Gasteiger partial charge >= 0.3 is 0 Å². The molecule has 0 aliphatic rings. The number of aromatic nitrogens is 1. The van der Waals surface area contributed by atoms with E-state index in [0.29, 0.717) is 5.38 Å². The van der Waals surface area contributed by atoms with Crippen molar-refractivity contribution in [2.75, 3.05) is 6.54 Å². The van der Waals surface area contributed by atoms with Crippen LogP contribution < -0.4 is 5.32 Å². The molecule has 2 nitrogen and oxygen atoms in total. The molecular weight excluding hydrogens is 204 g/mol. The highest BCUT2D eigenvalue weighted by Crippen LogP contribution is 2.04. The van der Waals surface area contributed by atoms with Gasteiger partial charge in [0.15, 0.2) is 0 Å². The van der Waals surface area contributed by atoms with Gasteiger partial charge in [-0.3, -0.25) is 0 Å². The van der Waals surface area contributed by atoms with Gasteiger partial charge in [0.1, 0.15) is 5.01 Å². The maximum atomic E-state index is 5.82. The number of nitrogens with zero attached hydrogens (tertiary/aromatic N) is 1. The molecule has 0 aliphatic carbocycles. The van der Waals surface area contributed by atoms with E-state index in [-0.39, 0.29) is 0 Å². The molecule has 4 heteroatoms. The van der Waals surface area contributed by atoms with Crippen LogP contribution in [0.5, 0.6) is 0 Å². The highest BCUT2D eigenvalue weighted by atomic mass is 35.5. The number of nitrogens with one attached hydrogen (secondary N) is 1. The molecule has 0 spiro atoms. The summed E-state index contributed by atoms with van der Waals surface area (Å²) in [4.78, 5) is 4.18. The van der Waals surface area contributed by atoms with E-state index in [9.17, 15) is 0 Å². The third-order valence-electron chi connectivity index (χ3n) is 1.72. The molecule has 1 atom stereocenters. The van der Waals surface area contributed by atoms with Crippen LogP contribution in [0.15, 0.2) is 11.6 Å². The summed E-state index contributed by atoms with van der Waals surface area (Å²) in [7, 11) is 0. The summed E-state index contributed by atoms with van der Waals surface area (Å²) in [6, 6.07) is 0. The largest absolute Gasteiger partial charge is 0.310 e. The van der Waals surface area contributed by atoms with Crippen LogP contribution in [0.1, 0.15) is 24.8 Å². The number of thiazole rings is 1. The van der Waals surface area contributed by atoms with Crippen molar-refractivity contribution in [1.82, 2.24) is 10.3 Å². The Balaban J connectivity index is 1.96. The van der Waals surface area contributed by atoms with E-state index in [0.717, 1.165) is 30.9 Å². The van der Waals surface area contributed by atoms with Gasteiger partial charge in [-0.2, -0.15) is 0 Å². The summed E-state index contributed by atoms with van der Waals surface area (Å²) < 4.78 is 0. The zero-order valence-corrected chi connectivity index (χ0v) is 9.37. The van der Waals surface area contributed by atoms with Gasteiger partial charge in [-0.25, -0.2) is 4.98 Å². The standard InChI is InChI=1S/C9H15ClN2S/c1-8(10)3-2-4-11-7-9-12-5-6-13-9/h5-6,8,11H,2-4,7H2,1H3. The lowest BCUT2D eigenvalue weighted by Gasteiger charge is -2.03. The molecule has 0 amide bonds. The van der Waals surface area contributed by atoms with Crippen molar-refractivity contribution in [3.8, 4) is 0 Å². The van der Waals surface area contributed by atoms with Crippen LogP contribution in [0.4, 0.5) is 0 Å². The minimum absolute atomic E-state index is 0.293. The van der Waals surface area contributed by atoms with Crippen molar-refractivity contribution in [3.05, 3.63) is 16.6 Å². The lowest BCUT2D eigenvalue weighted by atomic mass is 10.2. The summed E-state index contributed by atoms with van der Waals surface area (Å²) in [5, 5.41) is 6.78. The van der Waals surface area contributed by atoms with E-state index in [1.54, 1.807) is 11.3 Å². The highest BCUT2D eigenvalue weighted by Gasteiger charge is 1.96. The Morgan fingerprint density at radius 2 is 2.54 bits per heavy atom. The molecule has 0 radical (unpaired) electrons. The molecule has 1 aromatic rings.